The molecule has 1 saturated carbocycles. The van der Waals surface area contributed by atoms with Gasteiger partial charge in [-0.15, -0.1) is 0 Å². The number of benzene rings is 1. The van der Waals surface area contributed by atoms with Gasteiger partial charge in [0.15, 0.2) is 0 Å². The van der Waals surface area contributed by atoms with Crippen molar-refractivity contribution in [3.05, 3.63) is 28.8 Å². The molecule has 1 aliphatic carbocycles. The molecule has 1 aromatic rings. The lowest BCUT2D eigenvalue weighted by atomic mass is 9.88. The molecule has 180 valence electrons. The molecule has 0 radical (unpaired) electrons. The van der Waals surface area contributed by atoms with Crippen molar-refractivity contribution in [1.82, 2.24) is 0 Å². The van der Waals surface area contributed by atoms with Gasteiger partial charge in [-0.2, -0.15) is 21.6 Å². The van der Waals surface area contributed by atoms with Gasteiger partial charge in [0, 0.05) is 0 Å². The monoisotopic (exact) mass is 480 g/mol. The van der Waals surface area contributed by atoms with Gasteiger partial charge in [0.25, 0.3) is 10.1 Å². The number of hydrogen-bond donors (Lipinski definition) is 1. The van der Waals surface area contributed by atoms with E-state index >= 15 is 0 Å². The molecule has 1 aromatic carbocycles. The molecule has 0 saturated heterocycles. The second-order valence-corrected chi connectivity index (χ2v) is 9.71. The second-order valence-electron chi connectivity index (χ2n) is 8.22. The molecule has 3 atom stereocenters. The summed E-state index contributed by atoms with van der Waals surface area (Å²) in [4.78, 5) is 25.6. The van der Waals surface area contributed by atoms with Gasteiger partial charge in [-0.3, -0.25) is 14.1 Å². The van der Waals surface area contributed by atoms with Gasteiger partial charge in [-0.05, 0) is 44.7 Å². The Hall–Kier alpha value is -2.14. The van der Waals surface area contributed by atoms with Crippen LogP contribution in [0.4, 0.5) is 13.2 Å². The van der Waals surface area contributed by atoms with Gasteiger partial charge in [-0.1, -0.05) is 37.0 Å². The van der Waals surface area contributed by atoms with Crippen LogP contribution in [-0.2, 0) is 24.4 Å². The Bertz CT molecular complexity index is 934. The van der Waals surface area contributed by atoms with E-state index < -0.39 is 51.9 Å². The van der Waals surface area contributed by atoms with Gasteiger partial charge in [0.05, 0.1) is 11.8 Å². The summed E-state index contributed by atoms with van der Waals surface area (Å²) < 4.78 is 80.3. The standard InChI is InChI=1S/C21H27F3O7S/c1-12-9-13(2)18(14(3)10-12)31-20(26)16-8-6-4-5-7-15(16)19(25)30-17(21(22,23)24)11-32(27,28)29/h9-10,15-17H,4-8,11H2,1-3H3,(H,27,28,29). The van der Waals surface area contributed by atoms with Gasteiger partial charge < -0.3 is 9.47 Å². The number of alkyl halides is 3. The SMILES string of the molecule is Cc1cc(C)c(OC(=O)C2CCCCCC2C(=O)OC(CS(=O)(=O)O)C(F)(F)F)c(C)c1. The first-order valence-corrected chi connectivity index (χ1v) is 11.8. The van der Waals surface area contributed by atoms with Crippen LogP contribution >= 0.6 is 0 Å². The van der Waals surface area contributed by atoms with Crippen molar-refractivity contribution in [2.45, 2.75) is 65.2 Å². The number of hydrogen-bond acceptors (Lipinski definition) is 6. The molecule has 0 aliphatic heterocycles. The number of carbonyl (C=O) groups is 2. The van der Waals surface area contributed by atoms with E-state index in [0.29, 0.717) is 36.1 Å². The summed E-state index contributed by atoms with van der Waals surface area (Å²) in [5, 5.41) is 0. The molecule has 0 bridgehead atoms. The van der Waals surface area contributed by atoms with Crippen LogP contribution in [0.3, 0.4) is 0 Å². The number of aryl methyl sites for hydroxylation is 3. The second kappa shape index (κ2) is 10.2. The Morgan fingerprint density at radius 3 is 2.00 bits per heavy atom. The van der Waals surface area contributed by atoms with Gasteiger partial charge in [0.2, 0.25) is 6.10 Å². The minimum atomic E-state index is -5.21. The minimum absolute atomic E-state index is 0.0981. The molecular formula is C21H27F3O7S. The highest BCUT2D eigenvalue weighted by molar-refractivity contribution is 7.85. The number of carbonyl (C=O) groups excluding carboxylic acids is 2. The normalized spacial score (nSPS) is 20.8. The van der Waals surface area contributed by atoms with Crippen molar-refractivity contribution in [2.24, 2.45) is 11.8 Å². The van der Waals surface area contributed by atoms with Gasteiger partial charge >= 0.3 is 18.1 Å². The molecule has 0 aromatic heterocycles. The highest BCUT2D eigenvalue weighted by Crippen LogP contribution is 2.34. The number of rotatable bonds is 6. The third-order valence-corrected chi connectivity index (χ3v) is 6.14. The van der Waals surface area contributed by atoms with Crippen LogP contribution in [0.15, 0.2) is 12.1 Å². The van der Waals surface area contributed by atoms with E-state index in [1.165, 1.54) is 0 Å². The van der Waals surface area contributed by atoms with Crippen molar-refractivity contribution < 1.29 is 45.2 Å². The predicted molar refractivity (Wildman–Crippen MR) is 109 cm³/mol. The summed E-state index contributed by atoms with van der Waals surface area (Å²) in [5.74, 6) is -5.82. The zero-order valence-electron chi connectivity index (χ0n) is 18.1. The highest BCUT2D eigenvalue weighted by Gasteiger charge is 2.47. The van der Waals surface area contributed by atoms with Crippen LogP contribution in [0.5, 0.6) is 5.75 Å². The maximum absolute atomic E-state index is 13.2. The Morgan fingerprint density at radius 1 is 1.03 bits per heavy atom. The number of esters is 2. The molecule has 1 fully saturated rings. The lowest BCUT2D eigenvalue weighted by molar-refractivity contribution is -0.218. The molecule has 1 N–H and O–H groups in total. The first kappa shape index (κ1) is 26.1. The Kier molecular flexibility index (Phi) is 8.33. The maximum atomic E-state index is 13.2. The van der Waals surface area contributed by atoms with Crippen molar-refractivity contribution in [3.8, 4) is 5.75 Å². The third-order valence-electron chi connectivity index (χ3n) is 5.41. The third kappa shape index (κ3) is 7.19. The average Bonchev–Trinajstić information content (AvgIpc) is 2.88. The van der Waals surface area contributed by atoms with Crippen molar-refractivity contribution in [2.75, 3.05) is 5.75 Å². The quantitative estimate of drug-likeness (QED) is 0.283. The Balaban J connectivity index is 2.26. The van der Waals surface area contributed by atoms with Crippen LogP contribution in [0.25, 0.3) is 0 Å². The van der Waals surface area contributed by atoms with Crippen molar-refractivity contribution in [3.63, 3.8) is 0 Å². The van der Waals surface area contributed by atoms with Crippen LogP contribution in [0.1, 0.15) is 48.8 Å². The number of halogens is 3. The Morgan fingerprint density at radius 2 is 1.53 bits per heavy atom. The van der Waals surface area contributed by atoms with E-state index in [-0.39, 0.29) is 12.8 Å². The summed E-state index contributed by atoms with van der Waals surface area (Å²) in [6.45, 7) is 5.39. The van der Waals surface area contributed by atoms with E-state index in [0.717, 1.165) is 5.56 Å². The fourth-order valence-corrected chi connectivity index (χ4v) is 4.63. The topological polar surface area (TPSA) is 107 Å². The van der Waals surface area contributed by atoms with Crippen LogP contribution in [0.2, 0.25) is 0 Å². The number of ether oxygens (including phenoxy) is 2. The van der Waals surface area contributed by atoms with Crippen LogP contribution in [0, 0.1) is 32.6 Å². The summed E-state index contributed by atoms with van der Waals surface area (Å²) in [6.07, 6.45) is -6.19. The molecule has 7 nitrogen and oxygen atoms in total. The van der Waals surface area contributed by atoms with Crippen LogP contribution < -0.4 is 4.74 Å². The molecule has 0 heterocycles. The summed E-state index contributed by atoms with van der Waals surface area (Å²) in [5.41, 5.74) is 2.37. The Labute approximate surface area is 185 Å². The molecule has 1 aliphatic rings. The molecule has 2 rings (SSSR count). The van der Waals surface area contributed by atoms with E-state index in [9.17, 15) is 31.2 Å². The fourth-order valence-electron chi connectivity index (χ4n) is 3.99. The first-order valence-electron chi connectivity index (χ1n) is 10.2. The lowest BCUT2D eigenvalue weighted by Gasteiger charge is -2.26. The maximum Gasteiger partial charge on any atom is 0.426 e. The summed E-state index contributed by atoms with van der Waals surface area (Å²) in [6, 6.07) is 3.63. The van der Waals surface area contributed by atoms with E-state index in [2.05, 4.69) is 4.74 Å². The first-order chi connectivity index (χ1) is 14.7. The zero-order valence-corrected chi connectivity index (χ0v) is 18.9. The molecule has 11 heteroatoms. The minimum Gasteiger partial charge on any atom is -0.451 e. The van der Waals surface area contributed by atoms with E-state index in [4.69, 9.17) is 9.29 Å². The lowest BCUT2D eigenvalue weighted by Crippen LogP contribution is -2.42. The summed E-state index contributed by atoms with van der Waals surface area (Å²) >= 11 is 0. The molecular weight excluding hydrogens is 453 g/mol. The summed E-state index contributed by atoms with van der Waals surface area (Å²) in [7, 11) is -5.06. The predicted octanol–water partition coefficient (Wildman–Crippen LogP) is 4.08. The van der Waals surface area contributed by atoms with Crippen molar-refractivity contribution >= 4 is 22.1 Å². The highest BCUT2D eigenvalue weighted by atomic mass is 32.2. The van der Waals surface area contributed by atoms with E-state index in [1.54, 1.807) is 13.8 Å². The smallest absolute Gasteiger partial charge is 0.426 e. The average molecular weight is 481 g/mol. The van der Waals surface area contributed by atoms with Crippen LogP contribution in [-0.4, -0.2) is 42.9 Å². The zero-order chi connectivity index (χ0) is 24.3. The molecule has 0 amide bonds. The van der Waals surface area contributed by atoms with Gasteiger partial charge in [-0.25, -0.2) is 0 Å². The van der Waals surface area contributed by atoms with Gasteiger partial charge in [0.1, 0.15) is 11.5 Å². The van der Waals surface area contributed by atoms with E-state index in [1.807, 2.05) is 19.1 Å². The van der Waals surface area contributed by atoms with Crippen molar-refractivity contribution in [1.29, 1.82) is 0 Å². The molecule has 32 heavy (non-hydrogen) atoms. The molecule has 0 spiro atoms. The molecule has 3 unspecified atom stereocenters. The largest absolute Gasteiger partial charge is 0.451 e. The fraction of sp³-hybridized carbons (Fsp3) is 0.619.